The maximum Gasteiger partial charge on any atom is 0.357 e. The van der Waals surface area contributed by atoms with E-state index in [1.807, 2.05) is 0 Å². The van der Waals surface area contributed by atoms with Crippen LogP contribution in [0.15, 0.2) is 10.7 Å². The van der Waals surface area contributed by atoms with Crippen molar-refractivity contribution in [3.8, 4) is 0 Å². The Hall–Kier alpha value is -1.32. The van der Waals surface area contributed by atoms with Gasteiger partial charge in [-0.05, 0) is 61.7 Å². The molecule has 0 aromatic carbocycles. The summed E-state index contributed by atoms with van der Waals surface area (Å²) in [7, 11) is 0. The molecule has 0 saturated heterocycles. The first-order chi connectivity index (χ1) is 9.61. The lowest BCUT2D eigenvalue weighted by Crippen LogP contribution is -2.46. The number of nitrogens with zero attached hydrogens (tertiary/aromatic N) is 1. The monoisotopic (exact) mass is 275 g/mol. The molecule has 20 heavy (non-hydrogen) atoms. The molecular weight excluding hydrogens is 254 g/mol. The lowest BCUT2D eigenvalue weighted by Gasteiger charge is -2.55. The number of aromatic carboxylic acids is 1. The second kappa shape index (κ2) is 4.34. The fourth-order valence-electron chi connectivity index (χ4n) is 5.54. The lowest BCUT2D eigenvalue weighted by molar-refractivity contribution is -0.0485. The third-order valence-electron chi connectivity index (χ3n) is 6.01. The van der Waals surface area contributed by atoms with Gasteiger partial charge in [0, 0.05) is 5.92 Å². The van der Waals surface area contributed by atoms with E-state index < -0.39 is 5.97 Å². The van der Waals surface area contributed by atoms with Gasteiger partial charge in [0.2, 0.25) is 0 Å². The summed E-state index contributed by atoms with van der Waals surface area (Å²) in [5.41, 5.74) is 0.0377. The van der Waals surface area contributed by atoms with Crippen molar-refractivity contribution in [3.05, 3.63) is 17.8 Å². The van der Waals surface area contributed by atoms with Crippen LogP contribution in [0, 0.1) is 29.6 Å². The molecule has 4 saturated carbocycles. The van der Waals surface area contributed by atoms with Crippen molar-refractivity contribution in [1.82, 2.24) is 4.98 Å². The predicted octanol–water partition coefficient (Wildman–Crippen LogP) is 3.55. The van der Waals surface area contributed by atoms with Crippen LogP contribution in [0.5, 0.6) is 0 Å². The van der Waals surface area contributed by atoms with Gasteiger partial charge in [-0.1, -0.05) is 6.92 Å². The summed E-state index contributed by atoms with van der Waals surface area (Å²) in [5.74, 6) is 4.04. The molecule has 0 spiro atoms. The maximum absolute atomic E-state index is 10.9. The maximum atomic E-state index is 10.9. The molecule has 0 aliphatic heterocycles. The van der Waals surface area contributed by atoms with Gasteiger partial charge in [0.15, 0.2) is 11.6 Å². The summed E-state index contributed by atoms with van der Waals surface area (Å²) >= 11 is 0. The highest BCUT2D eigenvalue weighted by atomic mass is 16.4. The van der Waals surface area contributed by atoms with E-state index in [1.165, 1.54) is 38.4 Å². The van der Waals surface area contributed by atoms with E-state index in [4.69, 9.17) is 9.52 Å². The van der Waals surface area contributed by atoms with Gasteiger partial charge in [-0.2, -0.15) is 0 Å². The van der Waals surface area contributed by atoms with Gasteiger partial charge < -0.3 is 9.52 Å². The molecule has 1 aromatic heterocycles. The number of hydrogen-bond acceptors (Lipinski definition) is 3. The Morgan fingerprint density at radius 3 is 2.35 bits per heavy atom. The topological polar surface area (TPSA) is 63.3 Å². The zero-order valence-electron chi connectivity index (χ0n) is 11.8. The lowest BCUT2D eigenvalue weighted by atomic mass is 9.50. The minimum absolute atomic E-state index is 0.0377. The molecule has 108 valence electrons. The van der Waals surface area contributed by atoms with Crippen LogP contribution in [0.3, 0.4) is 0 Å². The molecule has 1 unspecified atom stereocenters. The summed E-state index contributed by atoms with van der Waals surface area (Å²) in [6.07, 6.45) is 8.21. The van der Waals surface area contributed by atoms with Gasteiger partial charge >= 0.3 is 5.97 Å². The van der Waals surface area contributed by atoms with E-state index in [0.29, 0.717) is 11.8 Å². The second-order valence-corrected chi connectivity index (χ2v) is 7.17. The molecular formula is C16H21NO3. The van der Waals surface area contributed by atoms with E-state index in [9.17, 15) is 4.79 Å². The van der Waals surface area contributed by atoms with Crippen LogP contribution in [-0.4, -0.2) is 16.1 Å². The quantitative estimate of drug-likeness (QED) is 0.916. The van der Waals surface area contributed by atoms with Crippen molar-refractivity contribution < 1.29 is 14.3 Å². The smallest absolute Gasteiger partial charge is 0.357 e. The zero-order valence-corrected chi connectivity index (χ0v) is 11.8. The molecule has 0 radical (unpaired) electrons. The Morgan fingerprint density at radius 1 is 1.25 bits per heavy atom. The van der Waals surface area contributed by atoms with Crippen molar-refractivity contribution >= 4 is 5.97 Å². The van der Waals surface area contributed by atoms with Crippen LogP contribution in [-0.2, 0) is 0 Å². The van der Waals surface area contributed by atoms with Crippen LogP contribution >= 0.6 is 0 Å². The highest BCUT2D eigenvalue weighted by molar-refractivity contribution is 5.84. The van der Waals surface area contributed by atoms with Gasteiger partial charge in [-0.3, -0.25) is 0 Å². The Morgan fingerprint density at radius 2 is 1.85 bits per heavy atom. The molecule has 1 aromatic rings. The second-order valence-electron chi connectivity index (χ2n) is 7.17. The van der Waals surface area contributed by atoms with Gasteiger partial charge in [0.25, 0.3) is 0 Å². The number of rotatable bonds is 3. The average molecular weight is 275 g/mol. The molecule has 4 aliphatic carbocycles. The first-order valence-electron chi connectivity index (χ1n) is 7.80. The third-order valence-corrected chi connectivity index (χ3v) is 6.01. The number of hydrogen-bond donors (Lipinski definition) is 1. The average Bonchev–Trinajstić information content (AvgIpc) is 2.86. The first-order valence-corrected chi connectivity index (χ1v) is 7.80. The van der Waals surface area contributed by atoms with Crippen LogP contribution in [0.4, 0.5) is 0 Å². The molecule has 1 N–H and O–H groups in total. The predicted molar refractivity (Wildman–Crippen MR) is 72.4 cm³/mol. The van der Waals surface area contributed by atoms with Crippen molar-refractivity contribution in [2.75, 3.05) is 0 Å². The van der Waals surface area contributed by atoms with E-state index in [0.717, 1.165) is 23.7 Å². The summed E-state index contributed by atoms with van der Waals surface area (Å²) in [5, 5.41) is 8.97. The van der Waals surface area contributed by atoms with Crippen molar-refractivity contribution in [1.29, 1.82) is 0 Å². The Labute approximate surface area is 118 Å². The standard InChI is InChI=1S/C16H21NO3/c1-8(15-17-13(7-20-15)16(18)19)14-11-3-9-2-10(5-11)6-12(14)4-9/h7-12,14H,2-6H2,1H3,(H,18,19). The van der Waals surface area contributed by atoms with Gasteiger partial charge in [-0.15, -0.1) is 0 Å². The largest absolute Gasteiger partial charge is 0.476 e. The van der Waals surface area contributed by atoms with E-state index in [2.05, 4.69) is 11.9 Å². The van der Waals surface area contributed by atoms with Crippen molar-refractivity contribution in [2.45, 2.75) is 44.9 Å². The van der Waals surface area contributed by atoms with Crippen LogP contribution in [0.1, 0.15) is 61.3 Å². The van der Waals surface area contributed by atoms with Gasteiger partial charge in [-0.25, -0.2) is 9.78 Å². The third kappa shape index (κ3) is 1.80. The molecule has 4 fully saturated rings. The SMILES string of the molecule is CC(c1nc(C(=O)O)co1)C1C2CC3CC(C2)CC1C3. The summed E-state index contributed by atoms with van der Waals surface area (Å²) in [6.45, 7) is 2.17. The summed E-state index contributed by atoms with van der Waals surface area (Å²) < 4.78 is 5.45. The molecule has 1 atom stereocenters. The first kappa shape index (κ1) is 12.4. The van der Waals surface area contributed by atoms with Crippen molar-refractivity contribution in [2.24, 2.45) is 29.6 Å². The Kier molecular flexibility index (Phi) is 2.69. The molecule has 4 heteroatoms. The molecule has 0 amide bonds. The van der Waals surface area contributed by atoms with Crippen molar-refractivity contribution in [3.63, 3.8) is 0 Å². The summed E-state index contributed by atoms with van der Waals surface area (Å²) in [4.78, 5) is 15.1. The molecule has 4 bridgehead atoms. The van der Waals surface area contributed by atoms with E-state index >= 15 is 0 Å². The number of carboxylic acids is 1. The summed E-state index contributed by atoms with van der Waals surface area (Å²) in [6, 6.07) is 0. The van der Waals surface area contributed by atoms with Crippen LogP contribution in [0.25, 0.3) is 0 Å². The molecule has 4 aliphatic rings. The fourth-order valence-corrected chi connectivity index (χ4v) is 5.54. The normalized spacial score (nSPS) is 40.0. The number of oxazole rings is 1. The Bertz CT molecular complexity index is 508. The zero-order chi connectivity index (χ0) is 13.9. The molecule has 4 nitrogen and oxygen atoms in total. The van der Waals surface area contributed by atoms with E-state index in [-0.39, 0.29) is 11.6 Å². The number of carboxylic acid groups (broad SMARTS) is 1. The number of carbonyl (C=O) groups is 1. The molecule has 5 rings (SSSR count). The van der Waals surface area contributed by atoms with Crippen LogP contribution < -0.4 is 0 Å². The highest BCUT2D eigenvalue weighted by Gasteiger charge is 2.50. The minimum atomic E-state index is -1.00. The fraction of sp³-hybridized carbons (Fsp3) is 0.750. The van der Waals surface area contributed by atoms with E-state index in [1.54, 1.807) is 0 Å². The number of aromatic nitrogens is 1. The Balaban J connectivity index is 1.58. The van der Waals surface area contributed by atoms with Gasteiger partial charge in [0.05, 0.1) is 0 Å². The van der Waals surface area contributed by atoms with Crippen LogP contribution in [0.2, 0.25) is 0 Å². The van der Waals surface area contributed by atoms with Gasteiger partial charge in [0.1, 0.15) is 6.26 Å². The molecule has 1 heterocycles. The highest BCUT2D eigenvalue weighted by Crippen LogP contribution is 2.59. The minimum Gasteiger partial charge on any atom is -0.476 e.